The van der Waals surface area contributed by atoms with Gasteiger partial charge in [0.05, 0.1) is 11.5 Å². The molecule has 1 aromatic carbocycles. The van der Waals surface area contributed by atoms with Crippen LogP contribution in [0.15, 0.2) is 29.8 Å². The second-order valence-electron chi connectivity index (χ2n) is 6.41. The van der Waals surface area contributed by atoms with Crippen molar-refractivity contribution in [2.75, 3.05) is 6.61 Å². The van der Waals surface area contributed by atoms with Gasteiger partial charge in [-0.15, -0.1) is 0 Å². The Balaban J connectivity index is 2.86. The lowest BCUT2D eigenvalue weighted by Crippen LogP contribution is -2.23. The Hall–Kier alpha value is -2.28. The van der Waals surface area contributed by atoms with Crippen LogP contribution in [0.5, 0.6) is 0 Å². The molecule has 6 nitrogen and oxygen atoms in total. The fourth-order valence-electron chi connectivity index (χ4n) is 1.69. The van der Waals surface area contributed by atoms with Gasteiger partial charge in [-0.3, -0.25) is 14.9 Å². The van der Waals surface area contributed by atoms with Crippen LogP contribution < -0.4 is 0 Å². The van der Waals surface area contributed by atoms with E-state index in [2.05, 4.69) is 19.6 Å². The number of hydrogen-bond donors (Lipinski definition) is 0. The number of carbonyl (C=O) groups excluding carboxylic acids is 2. The highest BCUT2D eigenvalue weighted by molar-refractivity contribution is 6.76. The number of non-ortho nitro benzene ring substituents is 1. The molecule has 7 heteroatoms. The topological polar surface area (TPSA) is 86.5 Å². The standard InChI is InChI=1S/C16H21NO5Si/c1-12(18)15(16(19)22-9-10-23(2,3)4)11-13-5-7-14(8-6-13)17(20)21/h5-8,11H,9-10H2,1-4H3. The summed E-state index contributed by atoms with van der Waals surface area (Å²) < 4.78 is 5.17. The molecular formula is C16H21NO5Si. The van der Waals surface area contributed by atoms with Crippen molar-refractivity contribution in [3.8, 4) is 0 Å². The van der Waals surface area contributed by atoms with Crippen LogP contribution in [0.2, 0.25) is 25.7 Å². The van der Waals surface area contributed by atoms with Crippen molar-refractivity contribution in [1.29, 1.82) is 0 Å². The molecule has 0 aliphatic carbocycles. The predicted octanol–water partition coefficient (Wildman–Crippen LogP) is 3.45. The highest BCUT2D eigenvalue weighted by Gasteiger charge is 2.19. The van der Waals surface area contributed by atoms with Gasteiger partial charge in [-0.05, 0) is 36.7 Å². The number of ether oxygens (including phenoxy) is 1. The number of nitro benzene ring substituents is 1. The molecule has 0 aliphatic rings. The molecule has 0 aromatic heterocycles. The number of ketones is 1. The number of Topliss-reactive ketones (excluding diaryl/α,β-unsaturated/α-hetero) is 1. The van der Waals surface area contributed by atoms with Gasteiger partial charge in [-0.25, -0.2) is 4.79 Å². The molecule has 124 valence electrons. The molecule has 0 bridgehead atoms. The number of esters is 1. The van der Waals surface area contributed by atoms with Gasteiger partial charge in [0.1, 0.15) is 5.57 Å². The van der Waals surface area contributed by atoms with Gasteiger partial charge in [-0.2, -0.15) is 0 Å². The van der Waals surface area contributed by atoms with Crippen molar-refractivity contribution in [3.05, 3.63) is 45.5 Å². The zero-order valence-electron chi connectivity index (χ0n) is 13.8. The van der Waals surface area contributed by atoms with Gasteiger partial charge in [0.2, 0.25) is 0 Å². The van der Waals surface area contributed by atoms with Gasteiger partial charge in [0, 0.05) is 20.2 Å². The zero-order valence-corrected chi connectivity index (χ0v) is 14.8. The molecule has 0 atom stereocenters. The van der Waals surface area contributed by atoms with Crippen LogP contribution >= 0.6 is 0 Å². The Labute approximate surface area is 136 Å². The van der Waals surface area contributed by atoms with Gasteiger partial charge >= 0.3 is 5.97 Å². The molecular weight excluding hydrogens is 314 g/mol. The Kier molecular flexibility index (Phi) is 6.38. The first-order valence-electron chi connectivity index (χ1n) is 7.24. The van der Waals surface area contributed by atoms with E-state index in [-0.39, 0.29) is 11.3 Å². The van der Waals surface area contributed by atoms with E-state index in [0.29, 0.717) is 12.2 Å². The van der Waals surface area contributed by atoms with Crippen molar-refractivity contribution in [3.63, 3.8) is 0 Å². The summed E-state index contributed by atoms with van der Waals surface area (Å²) in [5.74, 6) is -1.06. The van der Waals surface area contributed by atoms with Gasteiger partial charge < -0.3 is 4.74 Å². The average molecular weight is 335 g/mol. The van der Waals surface area contributed by atoms with Crippen molar-refractivity contribution < 1.29 is 19.2 Å². The van der Waals surface area contributed by atoms with Crippen LogP contribution in [0.3, 0.4) is 0 Å². The van der Waals surface area contributed by atoms with Crippen LogP contribution in [0.25, 0.3) is 6.08 Å². The Morgan fingerprint density at radius 2 is 1.78 bits per heavy atom. The lowest BCUT2D eigenvalue weighted by Gasteiger charge is -2.15. The third kappa shape index (κ3) is 6.56. The summed E-state index contributed by atoms with van der Waals surface area (Å²) in [5.41, 5.74) is 0.418. The monoisotopic (exact) mass is 335 g/mol. The number of carbonyl (C=O) groups is 2. The normalized spacial score (nSPS) is 11.9. The minimum atomic E-state index is -1.32. The first-order chi connectivity index (χ1) is 10.6. The minimum Gasteiger partial charge on any atom is -0.462 e. The number of rotatable bonds is 7. The lowest BCUT2D eigenvalue weighted by atomic mass is 10.1. The average Bonchev–Trinajstić information content (AvgIpc) is 2.43. The fraction of sp³-hybridized carbons (Fsp3) is 0.375. The van der Waals surface area contributed by atoms with E-state index in [0.717, 1.165) is 6.04 Å². The number of nitrogens with zero attached hydrogens (tertiary/aromatic N) is 1. The quantitative estimate of drug-likeness (QED) is 0.145. The Morgan fingerprint density at radius 1 is 1.22 bits per heavy atom. The second-order valence-corrected chi connectivity index (χ2v) is 12.0. The largest absolute Gasteiger partial charge is 0.462 e. The van der Waals surface area contributed by atoms with Crippen LogP contribution in [0.4, 0.5) is 5.69 Å². The summed E-state index contributed by atoms with van der Waals surface area (Å²) in [7, 11) is -1.32. The molecule has 0 fully saturated rings. The molecule has 0 amide bonds. The Bertz CT molecular complexity index is 629. The highest BCUT2D eigenvalue weighted by atomic mass is 28.3. The van der Waals surface area contributed by atoms with Crippen LogP contribution in [-0.2, 0) is 14.3 Å². The van der Waals surface area contributed by atoms with Crippen LogP contribution in [-0.4, -0.2) is 31.4 Å². The molecule has 0 heterocycles. The highest BCUT2D eigenvalue weighted by Crippen LogP contribution is 2.16. The van der Waals surface area contributed by atoms with E-state index < -0.39 is 24.7 Å². The maximum atomic E-state index is 12.0. The van der Waals surface area contributed by atoms with E-state index in [1.165, 1.54) is 37.3 Å². The fourth-order valence-corrected chi connectivity index (χ4v) is 2.41. The predicted molar refractivity (Wildman–Crippen MR) is 90.9 cm³/mol. The summed E-state index contributed by atoms with van der Waals surface area (Å²) in [6.07, 6.45) is 1.39. The Morgan fingerprint density at radius 3 is 2.22 bits per heavy atom. The summed E-state index contributed by atoms with van der Waals surface area (Å²) in [5, 5.41) is 10.6. The van der Waals surface area contributed by atoms with Gasteiger partial charge in [-0.1, -0.05) is 19.6 Å². The molecule has 23 heavy (non-hydrogen) atoms. The molecule has 1 rings (SSSR count). The summed E-state index contributed by atoms with van der Waals surface area (Å²) in [6, 6.07) is 6.43. The van der Waals surface area contributed by atoms with Crippen molar-refractivity contribution >= 4 is 31.6 Å². The third-order valence-electron chi connectivity index (χ3n) is 3.10. The van der Waals surface area contributed by atoms with Crippen molar-refractivity contribution in [1.82, 2.24) is 0 Å². The first kappa shape index (κ1) is 18.8. The molecule has 0 N–H and O–H groups in total. The van der Waals surface area contributed by atoms with Crippen molar-refractivity contribution in [2.24, 2.45) is 0 Å². The number of hydrogen-bond acceptors (Lipinski definition) is 5. The third-order valence-corrected chi connectivity index (χ3v) is 4.80. The summed E-state index contributed by atoms with van der Waals surface area (Å²) in [4.78, 5) is 33.8. The molecule has 0 spiro atoms. The molecule has 0 saturated carbocycles. The SMILES string of the molecule is CC(=O)C(=Cc1ccc([N+](=O)[O-])cc1)C(=O)OCC[Si](C)(C)C. The number of nitro groups is 1. The van der Waals surface area contributed by atoms with E-state index in [1.54, 1.807) is 0 Å². The van der Waals surface area contributed by atoms with E-state index in [4.69, 9.17) is 4.74 Å². The molecule has 0 saturated heterocycles. The van der Waals surface area contributed by atoms with Crippen LogP contribution in [0.1, 0.15) is 12.5 Å². The molecule has 0 radical (unpaired) electrons. The van der Waals surface area contributed by atoms with Gasteiger partial charge in [0.15, 0.2) is 5.78 Å². The van der Waals surface area contributed by atoms with E-state index in [9.17, 15) is 19.7 Å². The number of benzene rings is 1. The smallest absolute Gasteiger partial charge is 0.341 e. The summed E-state index contributed by atoms with van der Waals surface area (Å²) >= 11 is 0. The van der Waals surface area contributed by atoms with E-state index >= 15 is 0 Å². The lowest BCUT2D eigenvalue weighted by molar-refractivity contribution is -0.384. The van der Waals surface area contributed by atoms with Gasteiger partial charge in [0.25, 0.3) is 5.69 Å². The second kappa shape index (κ2) is 7.82. The maximum absolute atomic E-state index is 12.0. The minimum absolute atomic E-state index is 0.0516. The molecule has 1 aromatic rings. The van der Waals surface area contributed by atoms with Crippen LogP contribution in [0, 0.1) is 10.1 Å². The molecule has 0 aliphatic heterocycles. The summed E-state index contributed by atoms with van der Waals surface area (Å²) in [6.45, 7) is 8.08. The molecule has 0 unspecified atom stereocenters. The maximum Gasteiger partial charge on any atom is 0.341 e. The zero-order chi connectivity index (χ0) is 17.6. The van der Waals surface area contributed by atoms with Crippen molar-refractivity contribution in [2.45, 2.75) is 32.6 Å². The first-order valence-corrected chi connectivity index (χ1v) is 10.9. The van der Waals surface area contributed by atoms with E-state index in [1.807, 2.05) is 0 Å².